The number of rotatable bonds is 4. The van der Waals surface area contributed by atoms with Gasteiger partial charge in [0.25, 0.3) is 11.0 Å². The monoisotopic (exact) mass is 137 g/mol. The number of unbranched alkanes of at least 4 members (excludes halogenated alkanes) is 1. The van der Waals surface area contributed by atoms with Crippen LogP contribution < -0.4 is 0 Å². The molecule has 0 unspecified atom stereocenters. The molecule has 0 rings (SSSR count). The lowest BCUT2D eigenvalue weighted by atomic mass is 10.4. The van der Waals surface area contributed by atoms with Crippen LogP contribution in [-0.2, 0) is 15.2 Å². The molecular formula is C4H9O3S. The third-order valence-corrected chi connectivity index (χ3v) is 0.984. The molecule has 0 aliphatic carbocycles. The van der Waals surface area contributed by atoms with Crippen LogP contribution in [0.3, 0.4) is 0 Å². The molecule has 0 atom stereocenters. The van der Waals surface area contributed by atoms with Crippen molar-refractivity contribution in [2.45, 2.75) is 12.8 Å². The second-order valence-electron chi connectivity index (χ2n) is 1.26. The molecule has 0 aromatic carbocycles. The molecule has 3 nitrogen and oxygen atoms in total. The Morgan fingerprint density at radius 1 is 1.50 bits per heavy atom. The third-order valence-electron chi connectivity index (χ3n) is 0.591. The summed E-state index contributed by atoms with van der Waals surface area (Å²) >= 11 is 0. The van der Waals surface area contributed by atoms with Gasteiger partial charge in [-0.3, -0.25) is 4.18 Å². The molecule has 0 amide bonds. The van der Waals surface area contributed by atoms with E-state index in [0.29, 0.717) is 12.8 Å². The van der Waals surface area contributed by atoms with Gasteiger partial charge in [0, 0.05) is 0 Å². The lowest BCUT2D eigenvalue weighted by molar-refractivity contribution is 0.327. The van der Waals surface area contributed by atoms with Crippen molar-refractivity contribution in [2.75, 3.05) is 6.61 Å². The summed E-state index contributed by atoms with van der Waals surface area (Å²) in [6.07, 6.45) is 1.41. The van der Waals surface area contributed by atoms with Crippen molar-refractivity contribution in [3.63, 3.8) is 0 Å². The molecule has 0 spiro atoms. The van der Waals surface area contributed by atoms with Crippen molar-refractivity contribution in [3.8, 4) is 0 Å². The Hall–Kier alpha value is -0.0900. The van der Waals surface area contributed by atoms with Gasteiger partial charge in [0.15, 0.2) is 0 Å². The van der Waals surface area contributed by atoms with Crippen molar-refractivity contribution in [1.82, 2.24) is 0 Å². The van der Waals surface area contributed by atoms with Crippen LogP contribution in [0.1, 0.15) is 12.8 Å². The van der Waals surface area contributed by atoms with Gasteiger partial charge >= 0.3 is 0 Å². The van der Waals surface area contributed by atoms with Crippen molar-refractivity contribution in [3.05, 3.63) is 6.92 Å². The first kappa shape index (κ1) is 7.91. The molecule has 0 saturated carbocycles. The zero-order valence-electron chi connectivity index (χ0n) is 4.50. The maximum absolute atomic E-state index is 9.67. The number of hydrogen-bond donors (Lipinski definition) is 1. The maximum atomic E-state index is 9.67. The number of thiol groups is 1. The van der Waals surface area contributed by atoms with Crippen LogP contribution in [0.5, 0.6) is 0 Å². The summed E-state index contributed by atoms with van der Waals surface area (Å²) in [7, 11) is -2.64. The molecule has 0 aromatic heterocycles. The van der Waals surface area contributed by atoms with E-state index in [1.807, 2.05) is 0 Å². The van der Waals surface area contributed by atoms with Gasteiger partial charge in [0.2, 0.25) is 0 Å². The minimum absolute atomic E-state index is 0.266. The first-order valence-corrected chi connectivity index (χ1v) is 3.43. The van der Waals surface area contributed by atoms with E-state index in [2.05, 4.69) is 11.1 Å². The van der Waals surface area contributed by atoms with Crippen LogP contribution in [-0.4, -0.2) is 15.0 Å². The zero-order valence-corrected chi connectivity index (χ0v) is 5.39. The maximum Gasteiger partial charge on any atom is 0.257 e. The second kappa shape index (κ2) is 5.05. The molecule has 0 aliphatic heterocycles. The Bertz CT molecular complexity index is 99.9. The summed E-state index contributed by atoms with van der Waals surface area (Å²) in [5.41, 5.74) is 0. The topological polar surface area (TPSA) is 43.4 Å². The highest BCUT2D eigenvalue weighted by atomic mass is 32.2. The van der Waals surface area contributed by atoms with Crippen molar-refractivity contribution in [2.24, 2.45) is 0 Å². The fourth-order valence-corrected chi connectivity index (χ4v) is 0.519. The Labute approximate surface area is 50.8 Å². The normalized spacial score (nSPS) is 10.2. The minimum atomic E-state index is -2.64. The molecule has 0 bridgehead atoms. The van der Waals surface area contributed by atoms with Gasteiger partial charge in [0.05, 0.1) is 6.61 Å². The predicted octanol–water partition coefficient (Wildman–Crippen LogP) is 0.144. The molecule has 49 valence electrons. The fraction of sp³-hybridized carbons (Fsp3) is 0.750. The molecule has 1 radical (unpaired) electrons. The van der Waals surface area contributed by atoms with Crippen molar-refractivity contribution < 1.29 is 12.6 Å². The van der Waals surface area contributed by atoms with E-state index < -0.39 is 11.0 Å². The van der Waals surface area contributed by atoms with Crippen LogP contribution in [0.15, 0.2) is 0 Å². The zero-order chi connectivity index (χ0) is 6.41. The van der Waals surface area contributed by atoms with Crippen LogP contribution in [0.25, 0.3) is 0 Å². The van der Waals surface area contributed by atoms with E-state index >= 15 is 0 Å². The van der Waals surface area contributed by atoms with E-state index in [0.717, 1.165) is 0 Å². The first-order chi connectivity index (χ1) is 3.77. The molecule has 4 heteroatoms. The second-order valence-corrected chi connectivity index (χ2v) is 1.97. The lowest BCUT2D eigenvalue weighted by Crippen LogP contribution is -1.89. The summed E-state index contributed by atoms with van der Waals surface area (Å²) in [4.78, 5) is 0. The van der Waals surface area contributed by atoms with Crippen molar-refractivity contribution in [1.29, 1.82) is 0 Å². The average Bonchev–Trinajstić information content (AvgIpc) is 1.66. The standard InChI is InChI=1S/C4H9O3S/c1-2-3-4-7-8(5)6/h8H,1-4H2. The Kier molecular flexibility index (Phi) is 5.00. The van der Waals surface area contributed by atoms with E-state index in [-0.39, 0.29) is 6.61 Å². The summed E-state index contributed by atoms with van der Waals surface area (Å²) < 4.78 is 23.5. The highest BCUT2D eigenvalue weighted by Gasteiger charge is 1.83. The van der Waals surface area contributed by atoms with Crippen molar-refractivity contribution >= 4 is 11.0 Å². The highest BCUT2D eigenvalue weighted by Crippen LogP contribution is 1.85. The van der Waals surface area contributed by atoms with E-state index in [1.165, 1.54) is 0 Å². The average molecular weight is 137 g/mol. The summed E-state index contributed by atoms with van der Waals surface area (Å²) in [6.45, 7) is 3.77. The van der Waals surface area contributed by atoms with Crippen LogP contribution >= 0.6 is 0 Å². The molecule has 0 aliphatic rings. The quantitative estimate of drug-likeness (QED) is 0.443. The lowest BCUT2D eigenvalue weighted by Gasteiger charge is -1.89. The summed E-state index contributed by atoms with van der Waals surface area (Å²) in [5, 5.41) is 0. The largest absolute Gasteiger partial charge is 0.272 e. The van der Waals surface area contributed by atoms with E-state index in [9.17, 15) is 8.42 Å². The Morgan fingerprint density at radius 3 is 2.50 bits per heavy atom. The molecule has 0 heterocycles. The minimum Gasteiger partial charge on any atom is -0.272 e. The number of hydrogen-bond acceptors (Lipinski definition) is 3. The smallest absolute Gasteiger partial charge is 0.257 e. The molecule has 0 fully saturated rings. The Morgan fingerprint density at radius 2 is 2.12 bits per heavy atom. The van der Waals surface area contributed by atoms with E-state index in [4.69, 9.17) is 0 Å². The first-order valence-electron chi connectivity index (χ1n) is 2.34. The predicted molar refractivity (Wildman–Crippen MR) is 30.9 cm³/mol. The molecule has 0 saturated heterocycles. The molecule has 0 N–H and O–H groups in total. The molecule has 0 aromatic rings. The van der Waals surface area contributed by atoms with E-state index in [1.54, 1.807) is 0 Å². The van der Waals surface area contributed by atoms with Crippen LogP contribution in [0.2, 0.25) is 0 Å². The molecular weight excluding hydrogens is 128 g/mol. The fourth-order valence-electron chi connectivity index (χ4n) is 0.241. The summed E-state index contributed by atoms with van der Waals surface area (Å²) in [5.74, 6) is 0. The highest BCUT2D eigenvalue weighted by molar-refractivity contribution is 7.67. The third kappa shape index (κ3) is 5.91. The van der Waals surface area contributed by atoms with Gasteiger partial charge in [0.1, 0.15) is 0 Å². The van der Waals surface area contributed by atoms with Crippen LogP contribution in [0.4, 0.5) is 0 Å². The van der Waals surface area contributed by atoms with Gasteiger partial charge in [-0.2, -0.15) is 0 Å². The van der Waals surface area contributed by atoms with Gasteiger partial charge < -0.3 is 0 Å². The van der Waals surface area contributed by atoms with Gasteiger partial charge in [-0.05, 0) is 6.42 Å². The van der Waals surface area contributed by atoms with Gasteiger partial charge in [-0.15, -0.1) is 0 Å². The van der Waals surface area contributed by atoms with Crippen LogP contribution in [0, 0.1) is 6.92 Å². The SMILES string of the molecule is [CH2]CCCO[SH](=O)=O. The van der Waals surface area contributed by atoms with Gasteiger partial charge in [-0.25, -0.2) is 8.42 Å². The molecule has 8 heavy (non-hydrogen) atoms. The Balaban J connectivity index is 2.94. The summed E-state index contributed by atoms with van der Waals surface area (Å²) in [6, 6.07) is 0. The van der Waals surface area contributed by atoms with Gasteiger partial charge in [-0.1, -0.05) is 13.3 Å².